The summed E-state index contributed by atoms with van der Waals surface area (Å²) >= 11 is 1.41. The highest BCUT2D eigenvalue weighted by atomic mass is 32.2. The second-order valence-corrected chi connectivity index (χ2v) is 8.73. The molecule has 2 aromatic carbocycles. The number of thioether (sulfide) groups is 1. The summed E-state index contributed by atoms with van der Waals surface area (Å²) in [7, 11) is 0. The Labute approximate surface area is 176 Å². The van der Waals surface area contributed by atoms with E-state index in [1.54, 1.807) is 6.33 Å². The summed E-state index contributed by atoms with van der Waals surface area (Å²) in [6.07, 6.45) is 2.72. The van der Waals surface area contributed by atoms with Crippen LogP contribution in [0.15, 0.2) is 53.9 Å². The van der Waals surface area contributed by atoms with Crippen molar-refractivity contribution in [3.05, 3.63) is 65.5 Å². The number of hydrogen-bond acceptors (Lipinski definition) is 4. The van der Waals surface area contributed by atoms with Gasteiger partial charge in [-0.2, -0.15) is 0 Å². The van der Waals surface area contributed by atoms with Crippen molar-refractivity contribution < 1.29 is 4.79 Å². The van der Waals surface area contributed by atoms with E-state index < -0.39 is 0 Å². The number of nitrogens with one attached hydrogen (secondary N) is 1. The summed E-state index contributed by atoms with van der Waals surface area (Å²) in [5.41, 5.74) is 5.43. The van der Waals surface area contributed by atoms with Gasteiger partial charge in [-0.25, -0.2) is 0 Å². The van der Waals surface area contributed by atoms with Crippen molar-refractivity contribution in [2.24, 2.45) is 0 Å². The molecule has 6 heteroatoms. The fourth-order valence-corrected chi connectivity index (χ4v) is 4.09. The maximum Gasteiger partial charge on any atom is 0.237 e. The zero-order valence-electron chi connectivity index (χ0n) is 17.6. The zero-order chi connectivity index (χ0) is 21.0. The normalized spacial score (nSPS) is 13.1. The molecule has 0 aliphatic rings. The Balaban J connectivity index is 1.76. The highest BCUT2D eigenvalue weighted by Gasteiger charge is 2.20. The molecule has 0 fully saturated rings. The van der Waals surface area contributed by atoms with Gasteiger partial charge in [-0.05, 0) is 56.4 Å². The number of para-hydroxylation sites is 1. The van der Waals surface area contributed by atoms with E-state index in [-0.39, 0.29) is 11.2 Å². The van der Waals surface area contributed by atoms with Crippen LogP contribution in [0, 0.1) is 13.8 Å². The molecule has 152 valence electrons. The van der Waals surface area contributed by atoms with Crippen LogP contribution in [0.1, 0.15) is 49.8 Å². The first-order valence-corrected chi connectivity index (χ1v) is 10.8. The number of aromatic nitrogens is 3. The third kappa shape index (κ3) is 4.88. The van der Waals surface area contributed by atoms with Gasteiger partial charge in [0.1, 0.15) is 6.33 Å². The van der Waals surface area contributed by atoms with Gasteiger partial charge in [-0.3, -0.25) is 9.36 Å². The van der Waals surface area contributed by atoms with Gasteiger partial charge in [0.25, 0.3) is 0 Å². The number of hydrogen-bond donors (Lipinski definition) is 1. The predicted octanol–water partition coefficient (Wildman–Crippen LogP) is 5.52. The van der Waals surface area contributed by atoms with Crippen molar-refractivity contribution >= 4 is 23.4 Å². The highest BCUT2D eigenvalue weighted by molar-refractivity contribution is 8.00. The third-order valence-electron chi connectivity index (χ3n) is 5.14. The van der Waals surface area contributed by atoms with E-state index in [2.05, 4.69) is 67.5 Å². The molecule has 2 atom stereocenters. The van der Waals surface area contributed by atoms with Crippen molar-refractivity contribution in [1.82, 2.24) is 14.8 Å². The second-order valence-electron chi connectivity index (χ2n) is 7.42. The number of carbonyl (C=O) groups is 1. The Morgan fingerprint density at radius 3 is 2.66 bits per heavy atom. The Kier molecular flexibility index (Phi) is 6.75. The maximum atomic E-state index is 12.9. The minimum absolute atomic E-state index is 0.0408. The minimum Gasteiger partial charge on any atom is -0.325 e. The lowest BCUT2D eigenvalue weighted by Gasteiger charge is -2.18. The van der Waals surface area contributed by atoms with Gasteiger partial charge in [-0.15, -0.1) is 10.2 Å². The first-order valence-electron chi connectivity index (χ1n) is 9.94. The molecule has 0 aliphatic carbocycles. The van der Waals surface area contributed by atoms with Gasteiger partial charge >= 0.3 is 0 Å². The lowest BCUT2D eigenvalue weighted by atomic mass is 9.97. The molecule has 29 heavy (non-hydrogen) atoms. The molecule has 0 bridgehead atoms. The predicted molar refractivity (Wildman–Crippen MR) is 120 cm³/mol. The Hall–Kier alpha value is -2.60. The molecule has 0 spiro atoms. The molecule has 0 radical (unpaired) electrons. The molecule has 1 aromatic heterocycles. The van der Waals surface area contributed by atoms with Gasteiger partial charge in [0, 0.05) is 5.69 Å². The third-order valence-corrected chi connectivity index (χ3v) is 6.20. The molecular formula is C23H28N4OS. The van der Waals surface area contributed by atoms with Crippen molar-refractivity contribution in [3.63, 3.8) is 0 Å². The van der Waals surface area contributed by atoms with Crippen LogP contribution in [0.2, 0.25) is 0 Å². The van der Waals surface area contributed by atoms with Gasteiger partial charge in [0.2, 0.25) is 5.91 Å². The minimum atomic E-state index is -0.311. The molecule has 5 nitrogen and oxygen atoms in total. The number of nitrogens with zero attached hydrogens (tertiary/aromatic N) is 3. The summed E-state index contributed by atoms with van der Waals surface area (Å²) in [4.78, 5) is 12.9. The van der Waals surface area contributed by atoms with Crippen LogP contribution in [0.3, 0.4) is 0 Å². The number of rotatable bonds is 7. The first kappa shape index (κ1) is 21.1. The van der Waals surface area contributed by atoms with Crippen molar-refractivity contribution in [2.45, 2.75) is 57.4 Å². The van der Waals surface area contributed by atoms with Crippen LogP contribution in [0.4, 0.5) is 5.69 Å². The monoisotopic (exact) mass is 408 g/mol. The zero-order valence-corrected chi connectivity index (χ0v) is 18.5. The van der Waals surface area contributed by atoms with Crippen LogP contribution in [0.5, 0.6) is 0 Å². The molecule has 1 N–H and O–H groups in total. The molecule has 3 aromatic rings. The summed E-state index contributed by atoms with van der Waals surface area (Å²) < 4.78 is 1.94. The molecule has 0 saturated carbocycles. The van der Waals surface area contributed by atoms with Crippen LogP contribution < -0.4 is 5.32 Å². The summed E-state index contributed by atoms with van der Waals surface area (Å²) in [6, 6.07) is 14.3. The second kappa shape index (κ2) is 9.27. The standard InChI is InChI=1S/C23H28N4OS/c1-6-16(3)19-9-7-8-10-20(19)25-22(28)18(5)29-23-26-24-14-27(23)21-12-11-15(2)13-17(21)4/h7-14,16,18H,6H2,1-5H3,(H,25,28). The van der Waals surface area contributed by atoms with E-state index in [9.17, 15) is 4.79 Å². The first-order chi connectivity index (χ1) is 13.9. The van der Waals surface area contributed by atoms with Gasteiger partial charge < -0.3 is 5.32 Å². The van der Waals surface area contributed by atoms with Crippen molar-refractivity contribution in [3.8, 4) is 5.69 Å². The van der Waals surface area contributed by atoms with Gasteiger partial charge in [0.05, 0.1) is 10.9 Å². The number of amides is 1. The fourth-order valence-electron chi connectivity index (χ4n) is 3.25. The maximum absolute atomic E-state index is 12.9. The SMILES string of the molecule is CCC(C)c1ccccc1NC(=O)C(C)Sc1nncn1-c1ccc(C)cc1C. The van der Waals surface area contributed by atoms with Gasteiger partial charge in [-0.1, -0.05) is 61.5 Å². The molecule has 0 aliphatic heterocycles. The van der Waals surface area contributed by atoms with E-state index in [1.165, 1.54) is 22.9 Å². The molecule has 1 amide bonds. The molecule has 3 rings (SSSR count). The summed E-state index contributed by atoms with van der Waals surface area (Å²) in [5.74, 6) is 0.350. The highest BCUT2D eigenvalue weighted by Crippen LogP contribution is 2.29. The number of carbonyl (C=O) groups excluding carboxylic acids is 1. The number of benzene rings is 2. The Morgan fingerprint density at radius 2 is 1.93 bits per heavy atom. The summed E-state index contributed by atoms with van der Waals surface area (Å²) in [5, 5.41) is 11.8. The van der Waals surface area contributed by atoms with E-state index in [0.717, 1.165) is 23.4 Å². The van der Waals surface area contributed by atoms with E-state index in [4.69, 9.17) is 0 Å². The smallest absolute Gasteiger partial charge is 0.237 e. The average Bonchev–Trinajstić information content (AvgIpc) is 3.15. The van der Waals surface area contributed by atoms with Crippen molar-refractivity contribution in [2.75, 3.05) is 5.32 Å². The fraction of sp³-hybridized carbons (Fsp3) is 0.348. The Bertz CT molecular complexity index is 998. The van der Waals surface area contributed by atoms with Crippen LogP contribution in [-0.2, 0) is 4.79 Å². The number of anilines is 1. The van der Waals surface area contributed by atoms with Crippen LogP contribution in [-0.4, -0.2) is 25.9 Å². The number of aryl methyl sites for hydroxylation is 2. The molecule has 2 unspecified atom stereocenters. The summed E-state index contributed by atoms with van der Waals surface area (Å²) in [6.45, 7) is 10.4. The lowest BCUT2D eigenvalue weighted by molar-refractivity contribution is -0.115. The van der Waals surface area contributed by atoms with E-state index in [1.807, 2.05) is 29.7 Å². The quantitative estimate of drug-likeness (QED) is 0.523. The van der Waals surface area contributed by atoms with E-state index >= 15 is 0 Å². The Morgan fingerprint density at radius 1 is 1.17 bits per heavy atom. The van der Waals surface area contributed by atoms with E-state index in [0.29, 0.717) is 11.1 Å². The van der Waals surface area contributed by atoms with Crippen LogP contribution >= 0.6 is 11.8 Å². The van der Waals surface area contributed by atoms with Gasteiger partial charge in [0.15, 0.2) is 5.16 Å². The van der Waals surface area contributed by atoms with Crippen molar-refractivity contribution in [1.29, 1.82) is 0 Å². The molecule has 1 heterocycles. The average molecular weight is 409 g/mol. The topological polar surface area (TPSA) is 59.8 Å². The lowest BCUT2D eigenvalue weighted by Crippen LogP contribution is -2.23. The van der Waals surface area contributed by atoms with Crippen LogP contribution in [0.25, 0.3) is 5.69 Å². The molecule has 0 saturated heterocycles. The molecular weight excluding hydrogens is 380 g/mol. The largest absolute Gasteiger partial charge is 0.325 e.